The van der Waals surface area contributed by atoms with Crippen LogP contribution in [0.1, 0.15) is 21.6 Å². The Balaban J connectivity index is 1.85. The van der Waals surface area contributed by atoms with Gasteiger partial charge in [-0.25, -0.2) is 4.79 Å². The molecule has 3 aromatic rings. The molecule has 118 valence electrons. The lowest BCUT2D eigenvalue weighted by Crippen LogP contribution is -2.24. The molecule has 0 spiro atoms. The van der Waals surface area contributed by atoms with Crippen LogP contribution in [0.25, 0.3) is 11.0 Å². The first-order valence-electron chi connectivity index (χ1n) is 7.36. The van der Waals surface area contributed by atoms with Gasteiger partial charge in [-0.2, -0.15) is 0 Å². The molecule has 1 aromatic carbocycles. The highest BCUT2D eigenvalue weighted by atomic mass is 32.1. The zero-order valence-electron chi connectivity index (χ0n) is 13.0. The van der Waals surface area contributed by atoms with Crippen molar-refractivity contribution in [3.8, 4) is 0 Å². The minimum absolute atomic E-state index is 0.0572. The summed E-state index contributed by atoms with van der Waals surface area (Å²) in [6.45, 7) is 4.23. The average molecular weight is 327 g/mol. The number of hydrogen-bond donors (Lipinski definition) is 1. The Hall–Kier alpha value is -2.40. The van der Waals surface area contributed by atoms with E-state index >= 15 is 0 Å². The number of carbonyl (C=O) groups excluding carboxylic acids is 1. The molecular weight excluding hydrogens is 310 g/mol. The molecule has 0 radical (unpaired) electrons. The van der Waals surface area contributed by atoms with Gasteiger partial charge in [0.15, 0.2) is 0 Å². The summed E-state index contributed by atoms with van der Waals surface area (Å²) >= 11 is 1.56. The van der Waals surface area contributed by atoms with Crippen LogP contribution in [0.2, 0.25) is 0 Å². The van der Waals surface area contributed by atoms with Gasteiger partial charge in [-0.1, -0.05) is 12.1 Å². The van der Waals surface area contributed by atoms with E-state index < -0.39 is 5.63 Å². The third kappa shape index (κ3) is 3.51. The predicted molar refractivity (Wildman–Crippen MR) is 91.8 cm³/mol. The maximum Gasteiger partial charge on any atom is 0.336 e. The molecule has 0 saturated carbocycles. The lowest BCUT2D eigenvalue weighted by atomic mass is 10.0. The van der Waals surface area contributed by atoms with Crippen molar-refractivity contribution >= 4 is 28.2 Å². The molecule has 5 heteroatoms. The molecule has 1 N–H and O–H groups in total. The number of fused-ring (bicyclic) bond motifs is 1. The van der Waals surface area contributed by atoms with Crippen molar-refractivity contribution in [1.82, 2.24) is 5.32 Å². The van der Waals surface area contributed by atoms with Gasteiger partial charge in [0.1, 0.15) is 5.58 Å². The minimum atomic E-state index is -0.396. The van der Waals surface area contributed by atoms with Gasteiger partial charge < -0.3 is 9.73 Å². The topological polar surface area (TPSA) is 59.3 Å². The average Bonchev–Trinajstić information content (AvgIpc) is 2.98. The lowest BCUT2D eigenvalue weighted by molar-refractivity contribution is -0.120. The number of amides is 1. The van der Waals surface area contributed by atoms with E-state index in [1.807, 2.05) is 43.5 Å². The maximum atomic E-state index is 12.0. The Bertz CT molecular complexity index is 910. The molecule has 3 rings (SSSR count). The van der Waals surface area contributed by atoms with Crippen molar-refractivity contribution < 1.29 is 9.21 Å². The molecular formula is C18H17NO3S. The summed E-state index contributed by atoms with van der Waals surface area (Å²) in [6.07, 6.45) is 0.356. The molecule has 0 aliphatic carbocycles. The molecule has 0 aliphatic heterocycles. The van der Waals surface area contributed by atoms with E-state index in [0.717, 1.165) is 27.0 Å². The van der Waals surface area contributed by atoms with Crippen LogP contribution in [0, 0.1) is 13.8 Å². The number of aryl methyl sites for hydroxylation is 2. The fraction of sp³-hybridized carbons (Fsp3) is 0.222. The van der Waals surface area contributed by atoms with Gasteiger partial charge in [0, 0.05) is 22.9 Å². The van der Waals surface area contributed by atoms with E-state index in [4.69, 9.17) is 4.42 Å². The Kier molecular flexibility index (Phi) is 4.30. The standard InChI is InChI=1S/C18H17NO3S/c1-11-6-12(2)18-15(7-11)13(8-17(21)22-18)10-19-16(20)9-14-4-3-5-23-14/h3-8H,9-10H2,1-2H3,(H,19,20). The number of hydrogen-bond acceptors (Lipinski definition) is 4. The second-order valence-electron chi connectivity index (χ2n) is 5.58. The number of thiophene rings is 1. The minimum Gasteiger partial charge on any atom is -0.422 e. The SMILES string of the molecule is Cc1cc(C)c2oc(=O)cc(CNC(=O)Cc3cccs3)c2c1. The highest BCUT2D eigenvalue weighted by Gasteiger charge is 2.10. The first kappa shape index (κ1) is 15.5. The van der Waals surface area contributed by atoms with Gasteiger partial charge in [0.2, 0.25) is 5.91 Å². The highest BCUT2D eigenvalue weighted by molar-refractivity contribution is 7.10. The Labute approximate surface area is 137 Å². The molecule has 1 amide bonds. The summed E-state index contributed by atoms with van der Waals surface area (Å²) in [5.41, 5.74) is 2.99. The summed E-state index contributed by atoms with van der Waals surface area (Å²) in [5.74, 6) is -0.0572. The largest absolute Gasteiger partial charge is 0.422 e. The van der Waals surface area contributed by atoms with Crippen LogP contribution < -0.4 is 10.9 Å². The van der Waals surface area contributed by atoms with Crippen molar-refractivity contribution in [1.29, 1.82) is 0 Å². The Morgan fingerprint density at radius 2 is 2.09 bits per heavy atom. The van der Waals surface area contributed by atoms with Gasteiger partial charge >= 0.3 is 5.63 Å². The maximum absolute atomic E-state index is 12.0. The summed E-state index contributed by atoms with van der Waals surface area (Å²) < 4.78 is 5.31. The second-order valence-corrected chi connectivity index (χ2v) is 6.61. The Morgan fingerprint density at radius 3 is 2.83 bits per heavy atom. The van der Waals surface area contributed by atoms with Gasteiger partial charge in [-0.3, -0.25) is 4.79 Å². The van der Waals surface area contributed by atoms with Crippen LogP contribution in [0.5, 0.6) is 0 Å². The van der Waals surface area contributed by atoms with Crippen LogP contribution in [-0.2, 0) is 17.8 Å². The van der Waals surface area contributed by atoms with Gasteiger partial charge in [-0.05, 0) is 48.1 Å². The molecule has 0 unspecified atom stereocenters. The van der Waals surface area contributed by atoms with Crippen molar-refractivity contribution in [2.24, 2.45) is 0 Å². The van der Waals surface area contributed by atoms with E-state index in [1.54, 1.807) is 11.3 Å². The molecule has 0 bridgehead atoms. The summed E-state index contributed by atoms with van der Waals surface area (Å²) in [6, 6.07) is 9.27. The van der Waals surface area contributed by atoms with Crippen LogP contribution in [0.4, 0.5) is 0 Å². The molecule has 0 atom stereocenters. The van der Waals surface area contributed by atoms with Crippen LogP contribution in [0.15, 0.2) is 44.9 Å². The first-order chi connectivity index (χ1) is 11.0. The molecule has 23 heavy (non-hydrogen) atoms. The molecule has 0 aliphatic rings. The fourth-order valence-corrected chi connectivity index (χ4v) is 3.36. The Morgan fingerprint density at radius 1 is 1.26 bits per heavy atom. The zero-order valence-corrected chi connectivity index (χ0v) is 13.8. The molecule has 2 heterocycles. The van der Waals surface area contributed by atoms with E-state index in [9.17, 15) is 9.59 Å². The van der Waals surface area contributed by atoms with Crippen molar-refractivity contribution in [2.45, 2.75) is 26.8 Å². The quantitative estimate of drug-likeness (QED) is 0.748. The normalized spacial score (nSPS) is 10.9. The van der Waals surface area contributed by atoms with E-state index in [1.165, 1.54) is 6.07 Å². The smallest absolute Gasteiger partial charge is 0.336 e. The third-order valence-corrected chi connectivity index (χ3v) is 4.53. The highest BCUT2D eigenvalue weighted by Crippen LogP contribution is 2.22. The predicted octanol–water partition coefficient (Wildman–Crippen LogP) is 3.33. The van der Waals surface area contributed by atoms with Crippen LogP contribution in [-0.4, -0.2) is 5.91 Å². The summed E-state index contributed by atoms with van der Waals surface area (Å²) in [7, 11) is 0. The van der Waals surface area contributed by atoms with Gasteiger partial charge in [0.25, 0.3) is 0 Å². The second kappa shape index (κ2) is 6.38. The van der Waals surface area contributed by atoms with Gasteiger partial charge in [-0.15, -0.1) is 11.3 Å². The number of rotatable bonds is 4. The van der Waals surface area contributed by atoms with E-state index in [0.29, 0.717) is 18.5 Å². The van der Waals surface area contributed by atoms with Crippen molar-refractivity contribution in [3.05, 3.63) is 67.7 Å². The number of carbonyl (C=O) groups is 1. The van der Waals surface area contributed by atoms with Crippen molar-refractivity contribution in [2.75, 3.05) is 0 Å². The van der Waals surface area contributed by atoms with Crippen molar-refractivity contribution in [3.63, 3.8) is 0 Å². The summed E-state index contributed by atoms with van der Waals surface area (Å²) in [5, 5.41) is 5.70. The molecule has 0 saturated heterocycles. The molecule has 0 fully saturated rings. The first-order valence-corrected chi connectivity index (χ1v) is 8.24. The lowest BCUT2D eigenvalue weighted by Gasteiger charge is -2.09. The van der Waals surface area contributed by atoms with E-state index in [2.05, 4.69) is 5.32 Å². The summed E-state index contributed by atoms with van der Waals surface area (Å²) in [4.78, 5) is 24.8. The molecule has 2 aromatic heterocycles. The molecule has 4 nitrogen and oxygen atoms in total. The van der Waals surface area contributed by atoms with Crippen LogP contribution >= 0.6 is 11.3 Å². The fourth-order valence-electron chi connectivity index (χ4n) is 2.65. The third-order valence-electron chi connectivity index (χ3n) is 3.65. The van der Waals surface area contributed by atoms with Gasteiger partial charge in [0.05, 0.1) is 6.42 Å². The zero-order chi connectivity index (χ0) is 16.4. The van der Waals surface area contributed by atoms with E-state index in [-0.39, 0.29) is 5.91 Å². The number of nitrogens with one attached hydrogen (secondary N) is 1. The number of benzene rings is 1. The van der Waals surface area contributed by atoms with Crippen LogP contribution in [0.3, 0.4) is 0 Å². The monoisotopic (exact) mass is 327 g/mol.